The third-order valence-electron chi connectivity index (χ3n) is 4.32. The predicted molar refractivity (Wildman–Crippen MR) is 97.4 cm³/mol. The van der Waals surface area contributed by atoms with Crippen LogP contribution in [-0.4, -0.2) is 26.7 Å². The smallest absolute Gasteiger partial charge is 0.262 e. The molecule has 7 heteroatoms. The number of rotatable bonds is 3. The van der Waals surface area contributed by atoms with Crippen LogP contribution in [-0.2, 0) is 11.3 Å². The zero-order valence-electron chi connectivity index (χ0n) is 13.5. The average Bonchev–Trinajstić information content (AvgIpc) is 3.24. The molecule has 0 fully saturated rings. The Hall–Kier alpha value is -3.06. The number of aromatic nitrogens is 2. The van der Waals surface area contributed by atoms with Crippen LogP contribution < -0.4 is 5.84 Å². The number of allylic oxidation sites excluding steroid dienone is 4. The molecule has 0 bridgehead atoms. The van der Waals surface area contributed by atoms with Gasteiger partial charge in [-0.25, -0.2) is 0 Å². The number of hydrogen-bond acceptors (Lipinski definition) is 6. The predicted octanol–water partition coefficient (Wildman–Crippen LogP) is 2.41. The Balaban J connectivity index is 1.83. The summed E-state index contributed by atoms with van der Waals surface area (Å²) in [4.78, 5) is 14.9. The van der Waals surface area contributed by atoms with E-state index < -0.39 is 0 Å². The van der Waals surface area contributed by atoms with Gasteiger partial charge < -0.3 is 10.7 Å². The van der Waals surface area contributed by atoms with Gasteiger partial charge in [0.1, 0.15) is 5.51 Å². The zero-order valence-corrected chi connectivity index (χ0v) is 14.3. The fourth-order valence-corrected chi connectivity index (χ4v) is 3.66. The van der Waals surface area contributed by atoms with Gasteiger partial charge in [0.05, 0.1) is 23.5 Å². The maximum atomic E-state index is 13.2. The van der Waals surface area contributed by atoms with Gasteiger partial charge in [-0.1, -0.05) is 41.7 Å². The highest BCUT2D eigenvalue weighted by Crippen LogP contribution is 2.39. The van der Waals surface area contributed by atoms with Crippen molar-refractivity contribution in [2.24, 2.45) is 10.9 Å². The molecule has 1 aromatic heterocycles. The molecule has 124 valence electrons. The summed E-state index contributed by atoms with van der Waals surface area (Å²) in [6.07, 6.45) is 5.56. The third-order valence-corrected chi connectivity index (χ3v) is 5.03. The van der Waals surface area contributed by atoms with E-state index in [1.807, 2.05) is 43.3 Å². The third kappa shape index (κ3) is 2.49. The zero-order chi connectivity index (χ0) is 17.4. The Kier molecular flexibility index (Phi) is 3.77. The van der Waals surface area contributed by atoms with Gasteiger partial charge in [0.2, 0.25) is 0 Å². The van der Waals surface area contributed by atoms with Gasteiger partial charge in [0, 0.05) is 5.57 Å². The molecule has 2 aliphatic rings. The Morgan fingerprint density at radius 1 is 1.28 bits per heavy atom. The summed E-state index contributed by atoms with van der Waals surface area (Å²) in [5.41, 5.74) is 6.45. The van der Waals surface area contributed by atoms with E-state index in [0.717, 1.165) is 22.4 Å². The van der Waals surface area contributed by atoms with Crippen LogP contribution in [0.2, 0.25) is 0 Å². The molecule has 0 unspecified atom stereocenters. The van der Waals surface area contributed by atoms with Crippen LogP contribution in [0.25, 0.3) is 5.57 Å². The van der Waals surface area contributed by atoms with Gasteiger partial charge in [0.25, 0.3) is 5.91 Å². The van der Waals surface area contributed by atoms with Crippen LogP contribution in [0.5, 0.6) is 0 Å². The molecule has 2 aromatic rings. The van der Waals surface area contributed by atoms with Gasteiger partial charge in [-0.2, -0.15) is 5.10 Å². The van der Waals surface area contributed by atoms with E-state index in [4.69, 9.17) is 5.84 Å². The van der Waals surface area contributed by atoms with Crippen LogP contribution in [0, 0.1) is 6.92 Å². The van der Waals surface area contributed by atoms with Gasteiger partial charge in [0.15, 0.2) is 5.01 Å². The highest BCUT2D eigenvalue weighted by molar-refractivity contribution is 7.10. The van der Waals surface area contributed by atoms with Crippen molar-refractivity contribution in [1.82, 2.24) is 15.1 Å². The van der Waals surface area contributed by atoms with Crippen molar-refractivity contribution in [3.63, 3.8) is 0 Å². The molecule has 2 heterocycles. The van der Waals surface area contributed by atoms with E-state index in [9.17, 15) is 4.79 Å². The van der Waals surface area contributed by atoms with Crippen molar-refractivity contribution >= 4 is 28.5 Å². The summed E-state index contributed by atoms with van der Waals surface area (Å²) in [6, 6.07) is 8.04. The Morgan fingerprint density at radius 3 is 2.84 bits per heavy atom. The second-order valence-corrected chi connectivity index (χ2v) is 6.57. The summed E-state index contributed by atoms with van der Waals surface area (Å²) >= 11 is 1.33. The van der Waals surface area contributed by atoms with E-state index in [0.29, 0.717) is 22.8 Å². The van der Waals surface area contributed by atoms with E-state index >= 15 is 0 Å². The Bertz CT molecular complexity index is 969. The number of fused-ring (bicyclic) bond motifs is 1. The van der Waals surface area contributed by atoms with E-state index in [1.54, 1.807) is 16.5 Å². The molecule has 0 radical (unpaired) electrons. The summed E-state index contributed by atoms with van der Waals surface area (Å²) in [5, 5.41) is 12.4. The Labute approximate surface area is 148 Å². The summed E-state index contributed by atoms with van der Waals surface area (Å²) in [7, 11) is 0. The minimum atomic E-state index is -0.105. The molecule has 1 aromatic carbocycles. The molecule has 1 aliphatic heterocycles. The van der Waals surface area contributed by atoms with Crippen molar-refractivity contribution in [3.05, 3.63) is 75.4 Å². The first-order valence-electron chi connectivity index (χ1n) is 7.75. The highest BCUT2D eigenvalue weighted by atomic mass is 32.1. The molecule has 25 heavy (non-hydrogen) atoms. The molecule has 1 aliphatic carbocycles. The van der Waals surface area contributed by atoms with Gasteiger partial charge in [-0.15, -0.1) is 10.2 Å². The number of carbonyl (C=O) groups is 1. The lowest BCUT2D eigenvalue weighted by Crippen LogP contribution is -2.26. The quantitative estimate of drug-likeness (QED) is 0.681. The number of benzene rings is 1. The van der Waals surface area contributed by atoms with Crippen LogP contribution in [0.4, 0.5) is 0 Å². The standard InChI is InChI=1S/C18H15N5OS/c1-11-5-2-3-6-12(11)9-23-14-8-4-7-13(21-19)15(14)16(18(23)24)17-22-20-10-25-17/h2-8,10H,9,19H2,1H3. The molecule has 1 amide bonds. The largest absolute Gasteiger partial charge is 0.323 e. The SMILES string of the molecule is Cc1ccccc1CN1C(=O)C(c2nncs2)=C2C1=CC=CC2=NN. The number of aryl methyl sites for hydroxylation is 1. The molecular weight excluding hydrogens is 334 g/mol. The summed E-state index contributed by atoms with van der Waals surface area (Å²) in [6.45, 7) is 2.52. The Morgan fingerprint density at radius 2 is 2.12 bits per heavy atom. The molecule has 0 saturated heterocycles. The number of nitrogens with zero attached hydrogens (tertiary/aromatic N) is 4. The lowest BCUT2D eigenvalue weighted by molar-refractivity contribution is -0.122. The fraction of sp³-hybridized carbons (Fsp3) is 0.111. The van der Waals surface area contributed by atoms with Gasteiger partial charge >= 0.3 is 0 Å². The normalized spacial score (nSPS) is 18.1. The molecule has 0 saturated carbocycles. The van der Waals surface area contributed by atoms with Crippen molar-refractivity contribution in [3.8, 4) is 0 Å². The van der Waals surface area contributed by atoms with Crippen LogP contribution in [0.3, 0.4) is 0 Å². The maximum Gasteiger partial charge on any atom is 0.262 e. The van der Waals surface area contributed by atoms with Crippen molar-refractivity contribution in [2.45, 2.75) is 13.5 Å². The lowest BCUT2D eigenvalue weighted by Gasteiger charge is -2.22. The number of carbonyl (C=O) groups excluding carboxylic acids is 1. The first-order valence-corrected chi connectivity index (χ1v) is 8.63. The van der Waals surface area contributed by atoms with Crippen molar-refractivity contribution in [2.75, 3.05) is 0 Å². The first-order chi connectivity index (χ1) is 12.2. The monoisotopic (exact) mass is 349 g/mol. The fourth-order valence-electron chi connectivity index (χ4n) is 3.06. The number of nitrogens with two attached hydrogens (primary N) is 1. The van der Waals surface area contributed by atoms with E-state index in [-0.39, 0.29) is 5.91 Å². The van der Waals surface area contributed by atoms with Crippen molar-refractivity contribution < 1.29 is 4.79 Å². The average molecular weight is 349 g/mol. The second-order valence-electron chi connectivity index (χ2n) is 5.74. The van der Waals surface area contributed by atoms with E-state index in [1.165, 1.54) is 11.3 Å². The molecule has 4 rings (SSSR count). The van der Waals surface area contributed by atoms with E-state index in [2.05, 4.69) is 15.3 Å². The molecular formula is C18H15N5OS. The highest BCUT2D eigenvalue weighted by Gasteiger charge is 2.39. The minimum absolute atomic E-state index is 0.105. The summed E-state index contributed by atoms with van der Waals surface area (Å²) in [5.74, 6) is 5.45. The number of hydrazone groups is 1. The maximum absolute atomic E-state index is 13.2. The van der Waals surface area contributed by atoms with Gasteiger partial charge in [-0.3, -0.25) is 4.79 Å². The first kappa shape index (κ1) is 15.5. The van der Waals surface area contributed by atoms with Crippen molar-refractivity contribution in [1.29, 1.82) is 0 Å². The number of amides is 1. The molecule has 6 nitrogen and oxygen atoms in total. The number of hydrogen-bond donors (Lipinski definition) is 1. The van der Waals surface area contributed by atoms with Crippen LogP contribution >= 0.6 is 11.3 Å². The molecule has 0 atom stereocenters. The lowest BCUT2D eigenvalue weighted by atomic mass is 9.99. The molecule has 0 spiro atoms. The van der Waals surface area contributed by atoms with Crippen LogP contribution in [0.1, 0.15) is 16.1 Å². The molecule has 2 N–H and O–H groups in total. The van der Waals surface area contributed by atoms with Crippen LogP contribution in [0.15, 0.2) is 64.4 Å². The topological polar surface area (TPSA) is 84.5 Å². The summed E-state index contributed by atoms with van der Waals surface area (Å²) < 4.78 is 0. The second kappa shape index (κ2) is 6.10. The minimum Gasteiger partial charge on any atom is -0.323 e. The van der Waals surface area contributed by atoms with Gasteiger partial charge in [-0.05, 0) is 30.2 Å².